The van der Waals surface area contributed by atoms with Crippen molar-refractivity contribution in [2.45, 2.75) is 24.1 Å². The molecule has 6 heteroatoms. The van der Waals surface area contributed by atoms with Gasteiger partial charge in [0.2, 0.25) is 0 Å². The molecule has 0 unspecified atom stereocenters. The number of para-hydroxylation sites is 1. The van der Waals surface area contributed by atoms with Crippen LogP contribution in [0.25, 0.3) is 0 Å². The van der Waals surface area contributed by atoms with Gasteiger partial charge in [-0.15, -0.1) is 11.3 Å². The summed E-state index contributed by atoms with van der Waals surface area (Å²) >= 11 is 1.20. The van der Waals surface area contributed by atoms with Crippen molar-refractivity contribution >= 4 is 38.4 Å². The largest absolute Gasteiger partial charge is 0.339 e. The minimum Gasteiger partial charge on any atom is -0.339 e. The van der Waals surface area contributed by atoms with Gasteiger partial charge in [-0.2, -0.15) is 0 Å². The van der Waals surface area contributed by atoms with E-state index in [2.05, 4.69) is 35.6 Å². The summed E-state index contributed by atoms with van der Waals surface area (Å²) < 4.78 is 27.5. The topological polar surface area (TPSA) is 49.4 Å². The molecule has 0 amide bonds. The maximum absolute atomic E-state index is 12.3. The lowest BCUT2D eigenvalue weighted by Crippen LogP contribution is -2.25. The lowest BCUT2D eigenvalue weighted by atomic mass is 10.2. The zero-order valence-electron chi connectivity index (χ0n) is 14.1. The Labute approximate surface area is 152 Å². The molecule has 130 valence electrons. The van der Waals surface area contributed by atoms with Crippen LogP contribution < -0.4 is 9.62 Å². The molecule has 4 nitrogen and oxygen atoms in total. The number of nitrogens with one attached hydrogen (secondary N) is 1. The second-order valence-corrected chi connectivity index (χ2v) is 8.74. The molecule has 2 aromatic carbocycles. The molecule has 0 aliphatic heterocycles. The summed E-state index contributed by atoms with van der Waals surface area (Å²) in [6.07, 6.45) is 0. The van der Waals surface area contributed by atoms with Crippen molar-refractivity contribution in [3.8, 4) is 0 Å². The predicted octanol–water partition coefficient (Wildman–Crippen LogP) is 5.10. The van der Waals surface area contributed by atoms with Gasteiger partial charge in [0.25, 0.3) is 10.0 Å². The number of nitrogens with zero attached hydrogens (tertiary/aromatic N) is 1. The Morgan fingerprint density at radius 3 is 2.08 bits per heavy atom. The molecule has 1 aromatic heterocycles. The Balaban J connectivity index is 1.84. The number of hydrogen-bond donors (Lipinski definition) is 1. The molecule has 3 aromatic rings. The highest BCUT2D eigenvalue weighted by Gasteiger charge is 2.16. The van der Waals surface area contributed by atoms with Crippen LogP contribution in [-0.2, 0) is 10.0 Å². The SMILES string of the molecule is CC(C)N(c1ccccc1)c1ccc(NS(=O)(=O)c2cccs2)cc1. The average Bonchev–Trinajstić information content (AvgIpc) is 3.13. The molecule has 0 aliphatic rings. The van der Waals surface area contributed by atoms with Crippen molar-refractivity contribution < 1.29 is 8.42 Å². The maximum Gasteiger partial charge on any atom is 0.271 e. The van der Waals surface area contributed by atoms with E-state index in [1.54, 1.807) is 29.6 Å². The first-order chi connectivity index (χ1) is 12.0. The Bertz CT molecular complexity index is 904. The van der Waals surface area contributed by atoms with Crippen LogP contribution in [-0.4, -0.2) is 14.5 Å². The van der Waals surface area contributed by atoms with E-state index >= 15 is 0 Å². The van der Waals surface area contributed by atoms with E-state index in [-0.39, 0.29) is 6.04 Å². The molecule has 0 radical (unpaired) electrons. The Kier molecular flexibility index (Phi) is 5.11. The van der Waals surface area contributed by atoms with Crippen LogP contribution in [0.15, 0.2) is 76.3 Å². The lowest BCUT2D eigenvalue weighted by Gasteiger charge is -2.29. The minimum atomic E-state index is -3.52. The predicted molar refractivity (Wildman–Crippen MR) is 105 cm³/mol. The molecule has 3 rings (SSSR count). The fourth-order valence-corrected chi connectivity index (χ4v) is 4.70. The first kappa shape index (κ1) is 17.5. The van der Waals surface area contributed by atoms with Crippen LogP contribution in [0.1, 0.15) is 13.8 Å². The fraction of sp³-hybridized carbons (Fsp3) is 0.158. The Morgan fingerprint density at radius 2 is 1.52 bits per heavy atom. The number of anilines is 3. The van der Waals surface area contributed by atoms with Crippen LogP contribution >= 0.6 is 11.3 Å². The van der Waals surface area contributed by atoms with E-state index in [1.165, 1.54) is 11.3 Å². The maximum atomic E-state index is 12.3. The zero-order valence-corrected chi connectivity index (χ0v) is 15.7. The van der Waals surface area contributed by atoms with Gasteiger partial charge in [0.15, 0.2) is 0 Å². The molecule has 0 atom stereocenters. The van der Waals surface area contributed by atoms with Gasteiger partial charge in [-0.05, 0) is 61.7 Å². The van der Waals surface area contributed by atoms with Crippen LogP contribution in [0.2, 0.25) is 0 Å². The Hall–Kier alpha value is -2.31. The third-order valence-electron chi connectivity index (χ3n) is 3.71. The van der Waals surface area contributed by atoms with E-state index in [9.17, 15) is 8.42 Å². The monoisotopic (exact) mass is 372 g/mol. The van der Waals surface area contributed by atoms with Crippen molar-refractivity contribution in [1.82, 2.24) is 0 Å². The summed E-state index contributed by atoms with van der Waals surface area (Å²) in [7, 11) is -3.52. The van der Waals surface area contributed by atoms with Crippen LogP contribution in [0.3, 0.4) is 0 Å². The van der Waals surface area contributed by atoms with E-state index in [1.807, 2.05) is 30.3 Å². The molecule has 25 heavy (non-hydrogen) atoms. The summed E-state index contributed by atoms with van der Waals surface area (Å²) in [6, 6.07) is 21.2. The van der Waals surface area contributed by atoms with E-state index in [4.69, 9.17) is 0 Å². The van der Waals surface area contributed by atoms with E-state index in [0.29, 0.717) is 9.90 Å². The molecule has 0 spiro atoms. The summed E-state index contributed by atoms with van der Waals surface area (Å²) in [5.74, 6) is 0. The second-order valence-electron chi connectivity index (χ2n) is 5.88. The lowest BCUT2D eigenvalue weighted by molar-refractivity contribution is 0.603. The number of sulfonamides is 1. The van der Waals surface area contributed by atoms with Gasteiger partial charge in [-0.1, -0.05) is 24.3 Å². The van der Waals surface area contributed by atoms with Crippen LogP contribution in [0.5, 0.6) is 0 Å². The van der Waals surface area contributed by atoms with Gasteiger partial charge in [-0.25, -0.2) is 8.42 Å². The number of benzene rings is 2. The minimum absolute atomic E-state index is 0.274. The van der Waals surface area contributed by atoms with Gasteiger partial charge < -0.3 is 4.90 Å². The molecule has 1 N–H and O–H groups in total. The average molecular weight is 373 g/mol. The van der Waals surface area contributed by atoms with Crippen molar-refractivity contribution in [3.63, 3.8) is 0 Å². The molecule has 0 bridgehead atoms. The standard InChI is InChI=1S/C19H20N2O2S2/c1-15(2)21(17-7-4-3-5-8-17)18-12-10-16(11-13-18)20-25(22,23)19-9-6-14-24-19/h3-15,20H,1-2H3. The van der Waals surface area contributed by atoms with Crippen molar-refractivity contribution in [2.24, 2.45) is 0 Å². The van der Waals surface area contributed by atoms with Gasteiger partial charge >= 0.3 is 0 Å². The highest BCUT2D eigenvalue weighted by Crippen LogP contribution is 2.29. The van der Waals surface area contributed by atoms with Crippen molar-refractivity contribution in [3.05, 3.63) is 72.1 Å². The molecule has 1 heterocycles. The molecule has 0 fully saturated rings. The molecular formula is C19H20N2O2S2. The highest BCUT2D eigenvalue weighted by molar-refractivity contribution is 7.94. The van der Waals surface area contributed by atoms with Gasteiger partial charge in [0, 0.05) is 23.1 Å². The van der Waals surface area contributed by atoms with Crippen molar-refractivity contribution in [2.75, 3.05) is 9.62 Å². The number of rotatable bonds is 6. The molecular weight excluding hydrogens is 352 g/mol. The Morgan fingerprint density at radius 1 is 0.880 bits per heavy atom. The molecule has 0 saturated carbocycles. The summed E-state index contributed by atoms with van der Waals surface area (Å²) in [6.45, 7) is 4.25. The summed E-state index contributed by atoms with van der Waals surface area (Å²) in [4.78, 5) is 2.21. The van der Waals surface area contributed by atoms with Gasteiger partial charge in [0.1, 0.15) is 4.21 Å². The van der Waals surface area contributed by atoms with Crippen LogP contribution in [0, 0.1) is 0 Å². The van der Waals surface area contributed by atoms with E-state index < -0.39 is 10.0 Å². The first-order valence-electron chi connectivity index (χ1n) is 7.98. The third kappa shape index (κ3) is 4.03. The van der Waals surface area contributed by atoms with Crippen LogP contribution in [0.4, 0.5) is 17.1 Å². The number of hydrogen-bond acceptors (Lipinski definition) is 4. The smallest absolute Gasteiger partial charge is 0.271 e. The zero-order chi connectivity index (χ0) is 17.9. The summed E-state index contributed by atoms with van der Waals surface area (Å²) in [5, 5.41) is 1.75. The highest BCUT2D eigenvalue weighted by atomic mass is 32.2. The molecule has 0 aliphatic carbocycles. The van der Waals surface area contributed by atoms with Crippen molar-refractivity contribution in [1.29, 1.82) is 0 Å². The fourth-order valence-electron chi connectivity index (χ4n) is 2.65. The van der Waals surface area contributed by atoms with Gasteiger partial charge in [0.05, 0.1) is 0 Å². The first-order valence-corrected chi connectivity index (χ1v) is 10.3. The normalized spacial score (nSPS) is 11.5. The third-order valence-corrected chi connectivity index (χ3v) is 6.49. The quantitative estimate of drug-likeness (QED) is 0.655. The molecule has 0 saturated heterocycles. The van der Waals surface area contributed by atoms with Gasteiger partial charge in [-0.3, -0.25) is 4.72 Å². The van der Waals surface area contributed by atoms with E-state index in [0.717, 1.165) is 11.4 Å². The second kappa shape index (κ2) is 7.29. The number of thiophene rings is 1. The summed E-state index contributed by atoms with van der Waals surface area (Å²) in [5.41, 5.74) is 2.67.